The molecule has 0 radical (unpaired) electrons. The largest absolute Gasteiger partial charge is 0.396 e. The summed E-state index contributed by atoms with van der Waals surface area (Å²) in [6.07, 6.45) is 8.31. The molecule has 0 unspecified atom stereocenters. The van der Waals surface area contributed by atoms with Crippen molar-refractivity contribution in [2.24, 2.45) is 0 Å². The van der Waals surface area contributed by atoms with E-state index in [1.165, 1.54) is 23.6 Å². The van der Waals surface area contributed by atoms with Crippen LogP contribution in [0.15, 0.2) is 0 Å². The van der Waals surface area contributed by atoms with Gasteiger partial charge in [0, 0.05) is 31.5 Å². The molecule has 0 aromatic heterocycles. The molecule has 0 aromatic rings. The molecule has 7 heteroatoms. The number of nitrogens with zero attached hydrogens (tertiary/aromatic N) is 1. The van der Waals surface area contributed by atoms with Crippen molar-refractivity contribution in [3.63, 3.8) is 0 Å². The maximum atomic E-state index is 12.1. The van der Waals surface area contributed by atoms with Gasteiger partial charge < -0.3 is 5.11 Å². The molecule has 0 bridgehead atoms. The van der Waals surface area contributed by atoms with Gasteiger partial charge in [-0.05, 0) is 25.5 Å². The molecule has 2 N–H and O–H groups in total. The van der Waals surface area contributed by atoms with E-state index in [0.717, 1.165) is 12.8 Å². The highest BCUT2D eigenvalue weighted by molar-refractivity contribution is 8.00. The Morgan fingerprint density at radius 1 is 1.32 bits per heavy atom. The van der Waals surface area contributed by atoms with Gasteiger partial charge in [0.1, 0.15) is 0 Å². The third-order valence-electron chi connectivity index (χ3n) is 3.82. The van der Waals surface area contributed by atoms with Crippen LogP contribution in [0.5, 0.6) is 0 Å². The van der Waals surface area contributed by atoms with Crippen LogP contribution < -0.4 is 4.72 Å². The predicted octanol–water partition coefficient (Wildman–Crippen LogP) is 1.20. The van der Waals surface area contributed by atoms with Gasteiger partial charge in [-0.25, -0.2) is 4.72 Å². The standard InChI is InChI=1S/C12H26N2O3S2/c1-14(9-6-10-15)19(16,17)13-11-12(18-2)7-4-3-5-8-12/h13,15H,3-11H2,1-2H3. The molecule has 0 amide bonds. The van der Waals surface area contributed by atoms with E-state index in [9.17, 15) is 8.42 Å². The van der Waals surface area contributed by atoms with Crippen molar-refractivity contribution in [1.29, 1.82) is 0 Å². The van der Waals surface area contributed by atoms with Gasteiger partial charge in [-0.1, -0.05) is 19.3 Å². The van der Waals surface area contributed by atoms with Crippen molar-refractivity contribution in [2.45, 2.75) is 43.3 Å². The van der Waals surface area contributed by atoms with Crippen molar-refractivity contribution < 1.29 is 13.5 Å². The first-order valence-corrected chi connectivity index (χ1v) is 9.49. The van der Waals surface area contributed by atoms with E-state index in [0.29, 0.717) is 19.5 Å². The summed E-state index contributed by atoms with van der Waals surface area (Å²) in [5.74, 6) is 0. The van der Waals surface area contributed by atoms with Crippen molar-refractivity contribution in [3.8, 4) is 0 Å². The van der Waals surface area contributed by atoms with E-state index in [-0.39, 0.29) is 11.4 Å². The minimum Gasteiger partial charge on any atom is -0.396 e. The molecule has 0 saturated heterocycles. The molecule has 1 fully saturated rings. The van der Waals surface area contributed by atoms with Crippen LogP contribution in [-0.2, 0) is 10.2 Å². The average Bonchev–Trinajstić information content (AvgIpc) is 2.43. The fraction of sp³-hybridized carbons (Fsp3) is 1.00. The summed E-state index contributed by atoms with van der Waals surface area (Å²) < 4.78 is 28.2. The van der Waals surface area contributed by atoms with Gasteiger partial charge in [0.05, 0.1) is 0 Å². The maximum absolute atomic E-state index is 12.1. The monoisotopic (exact) mass is 310 g/mol. The van der Waals surface area contributed by atoms with Gasteiger partial charge in [0.2, 0.25) is 0 Å². The summed E-state index contributed by atoms with van der Waals surface area (Å²) in [7, 11) is -1.87. The summed E-state index contributed by atoms with van der Waals surface area (Å²) in [5, 5.41) is 8.75. The Labute approximate surface area is 121 Å². The Bertz CT molecular complexity index is 354. The van der Waals surface area contributed by atoms with Crippen LogP contribution in [0, 0.1) is 0 Å². The number of aliphatic hydroxyl groups is 1. The van der Waals surface area contributed by atoms with Crippen LogP contribution in [0.2, 0.25) is 0 Å². The Hall–Kier alpha value is 0.180. The highest BCUT2D eigenvalue weighted by Gasteiger charge is 2.32. The predicted molar refractivity (Wildman–Crippen MR) is 80.6 cm³/mol. The molecule has 114 valence electrons. The zero-order chi connectivity index (χ0) is 14.4. The first-order valence-electron chi connectivity index (χ1n) is 6.83. The van der Waals surface area contributed by atoms with Gasteiger partial charge in [-0.3, -0.25) is 0 Å². The molecule has 1 aliphatic rings. The lowest BCUT2D eigenvalue weighted by Gasteiger charge is -2.36. The smallest absolute Gasteiger partial charge is 0.279 e. The van der Waals surface area contributed by atoms with E-state index >= 15 is 0 Å². The van der Waals surface area contributed by atoms with E-state index < -0.39 is 10.2 Å². The van der Waals surface area contributed by atoms with Crippen LogP contribution in [-0.4, -0.2) is 55.6 Å². The molecular formula is C12H26N2O3S2. The lowest BCUT2D eigenvalue weighted by molar-refractivity contribution is 0.275. The van der Waals surface area contributed by atoms with Crippen LogP contribution in [0.3, 0.4) is 0 Å². The molecule has 0 aromatic carbocycles. The van der Waals surface area contributed by atoms with Gasteiger partial charge in [0.25, 0.3) is 10.2 Å². The van der Waals surface area contributed by atoms with Crippen molar-refractivity contribution in [3.05, 3.63) is 0 Å². The lowest BCUT2D eigenvalue weighted by atomic mass is 9.88. The highest BCUT2D eigenvalue weighted by Crippen LogP contribution is 2.38. The van der Waals surface area contributed by atoms with Crippen LogP contribution in [0.4, 0.5) is 0 Å². The van der Waals surface area contributed by atoms with Crippen LogP contribution in [0.1, 0.15) is 38.5 Å². The summed E-state index contributed by atoms with van der Waals surface area (Å²) in [6.45, 7) is 0.854. The van der Waals surface area contributed by atoms with Gasteiger partial charge >= 0.3 is 0 Å². The number of rotatable bonds is 8. The quantitative estimate of drug-likeness (QED) is 0.707. The van der Waals surface area contributed by atoms with Crippen molar-refractivity contribution in [1.82, 2.24) is 9.03 Å². The third kappa shape index (κ3) is 5.23. The molecule has 0 heterocycles. The molecular weight excluding hydrogens is 284 g/mol. The van der Waals surface area contributed by atoms with Crippen molar-refractivity contribution in [2.75, 3.05) is 33.0 Å². The summed E-state index contributed by atoms with van der Waals surface area (Å²) in [4.78, 5) is 0. The van der Waals surface area contributed by atoms with Crippen LogP contribution in [0.25, 0.3) is 0 Å². The Morgan fingerprint density at radius 2 is 1.95 bits per heavy atom. The Morgan fingerprint density at radius 3 is 2.47 bits per heavy atom. The second kappa shape index (κ2) is 7.83. The number of aliphatic hydroxyl groups excluding tert-OH is 1. The van der Waals surface area contributed by atoms with Crippen molar-refractivity contribution >= 4 is 22.0 Å². The van der Waals surface area contributed by atoms with Gasteiger partial charge in [0.15, 0.2) is 0 Å². The molecule has 0 spiro atoms. The molecule has 19 heavy (non-hydrogen) atoms. The maximum Gasteiger partial charge on any atom is 0.279 e. The zero-order valence-corrected chi connectivity index (χ0v) is 13.5. The van der Waals surface area contributed by atoms with E-state index in [2.05, 4.69) is 11.0 Å². The minimum atomic E-state index is -3.42. The molecule has 1 saturated carbocycles. The first kappa shape index (κ1) is 17.2. The number of hydrogen-bond acceptors (Lipinski definition) is 4. The third-order valence-corrected chi connectivity index (χ3v) is 6.75. The molecule has 5 nitrogen and oxygen atoms in total. The molecule has 0 atom stereocenters. The number of thioether (sulfide) groups is 1. The molecule has 1 rings (SSSR count). The summed E-state index contributed by atoms with van der Waals surface area (Å²) in [6, 6.07) is 0. The fourth-order valence-electron chi connectivity index (χ4n) is 2.40. The molecule has 0 aliphatic heterocycles. The summed E-state index contributed by atoms with van der Waals surface area (Å²) in [5.41, 5.74) is 0. The number of hydrogen-bond donors (Lipinski definition) is 2. The van der Waals surface area contributed by atoms with E-state index in [1.54, 1.807) is 18.8 Å². The van der Waals surface area contributed by atoms with E-state index in [1.807, 2.05) is 0 Å². The lowest BCUT2D eigenvalue weighted by Crippen LogP contribution is -2.46. The summed E-state index contributed by atoms with van der Waals surface area (Å²) >= 11 is 1.78. The molecule has 1 aliphatic carbocycles. The minimum absolute atomic E-state index is 0.00854. The highest BCUT2D eigenvalue weighted by atomic mass is 32.2. The van der Waals surface area contributed by atoms with Gasteiger partial charge in [-0.15, -0.1) is 0 Å². The fourth-order valence-corrected chi connectivity index (χ4v) is 4.45. The second-order valence-electron chi connectivity index (χ2n) is 5.17. The Kier molecular flexibility index (Phi) is 7.10. The topological polar surface area (TPSA) is 69.6 Å². The van der Waals surface area contributed by atoms with E-state index in [4.69, 9.17) is 5.11 Å². The second-order valence-corrected chi connectivity index (χ2v) is 8.31. The average molecular weight is 310 g/mol. The van der Waals surface area contributed by atoms with Crippen LogP contribution >= 0.6 is 11.8 Å². The Balaban J connectivity index is 2.53. The van der Waals surface area contributed by atoms with Gasteiger partial charge in [-0.2, -0.15) is 24.5 Å². The zero-order valence-electron chi connectivity index (χ0n) is 11.9. The SMILES string of the molecule is CSC1(CNS(=O)(=O)N(C)CCCO)CCCCC1. The normalized spacial score (nSPS) is 19.8. The first-order chi connectivity index (χ1) is 8.96. The number of nitrogens with one attached hydrogen (secondary N) is 1.